The molecule has 0 amide bonds. The first-order valence-electron chi connectivity index (χ1n) is 9.79. The van der Waals surface area contributed by atoms with Crippen LogP contribution in [0.3, 0.4) is 0 Å². The Bertz CT molecular complexity index is 435. The Morgan fingerprint density at radius 3 is 1.58 bits per heavy atom. The Hall–Kier alpha value is -1.84. The quantitative estimate of drug-likeness (QED) is 0.201. The van der Waals surface area contributed by atoms with Gasteiger partial charge in [0.25, 0.3) is 0 Å². The van der Waals surface area contributed by atoms with Gasteiger partial charge in [0.2, 0.25) is 0 Å². The molecule has 0 unspecified atom stereocenters. The summed E-state index contributed by atoms with van der Waals surface area (Å²) in [7, 11) is 2.86. The third-order valence-electron chi connectivity index (χ3n) is 4.00. The molecule has 0 radical (unpaired) electrons. The average Bonchev–Trinajstić information content (AvgIpc) is 2.66. The van der Waals surface area contributed by atoms with Crippen LogP contribution >= 0.6 is 0 Å². The molecule has 0 rings (SSSR count). The van der Waals surface area contributed by atoms with Crippen LogP contribution in [-0.2, 0) is 19.1 Å². The van der Waals surface area contributed by atoms with Gasteiger partial charge >= 0.3 is 11.9 Å². The molecule has 26 heavy (non-hydrogen) atoms. The molecule has 0 N–H and O–H groups in total. The van der Waals surface area contributed by atoms with E-state index in [0.29, 0.717) is 12.8 Å². The summed E-state index contributed by atoms with van der Waals surface area (Å²) < 4.78 is 9.21. The van der Waals surface area contributed by atoms with Crippen molar-refractivity contribution < 1.29 is 19.1 Å². The number of allylic oxidation sites excluding steroid dienone is 6. The van der Waals surface area contributed by atoms with Gasteiger partial charge in [0, 0.05) is 12.8 Å². The van der Waals surface area contributed by atoms with E-state index < -0.39 is 0 Å². The fourth-order valence-electron chi connectivity index (χ4n) is 2.41. The van der Waals surface area contributed by atoms with E-state index in [1.54, 1.807) is 0 Å². The standard InChI is InChI=1S/C22H36O4/c1-25-21(23)19-17-15-13-11-9-7-5-3-4-6-8-10-12-14-16-18-20-22(24)26-2/h3,5-6,8,12,14H,4,7,9-11,13,15-20H2,1-2H3/b5-3+,8-6+,14-12+. The van der Waals surface area contributed by atoms with Crippen molar-refractivity contribution in [1.29, 1.82) is 0 Å². The molecule has 0 bridgehead atoms. The van der Waals surface area contributed by atoms with Crippen molar-refractivity contribution in [3.05, 3.63) is 36.5 Å². The molecular formula is C22H36O4. The minimum absolute atomic E-state index is 0.102. The maximum atomic E-state index is 10.9. The Balaban J connectivity index is 3.35. The van der Waals surface area contributed by atoms with Gasteiger partial charge in [-0.3, -0.25) is 9.59 Å². The Morgan fingerprint density at radius 1 is 0.577 bits per heavy atom. The molecule has 148 valence electrons. The van der Waals surface area contributed by atoms with E-state index in [9.17, 15) is 9.59 Å². The maximum absolute atomic E-state index is 10.9. The van der Waals surface area contributed by atoms with Crippen LogP contribution in [0.5, 0.6) is 0 Å². The Morgan fingerprint density at radius 2 is 1.00 bits per heavy atom. The molecule has 0 aliphatic heterocycles. The Kier molecular flexibility index (Phi) is 18.1. The van der Waals surface area contributed by atoms with Crippen LogP contribution in [0.4, 0.5) is 0 Å². The lowest BCUT2D eigenvalue weighted by Gasteiger charge is -1.99. The molecule has 0 aromatic carbocycles. The smallest absolute Gasteiger partial charge is 0.305 e. The van der Waals surface area contributed by atoms with Crippen LogP contribution in [0.25, 0.3) is 0 Å². The molecule has 0 fully saturated rings. The first-order valence-corrected chi connectivity index (χ1v) is 9.79. The molecule has 0 heterocycles. The Labute approximate surface area is 159 Å². The van der Waals surface area contributed by atoms with Crippen LogP contribution in [0.2, 0.25) is 0 Å². The first kappa shape index (κ1) is 24.2. The molecule has 0 aliphatic rings. The predicted octanol–water partition coefficient (Wildman–Crippen LogP) is 5.68. The highest BCUT2D eigenvalue weighted by molar-refractivity contribution is 5.69. The monoisotopic (exact) mass is 364 g/mol. The number of esters is 2. The van der Waals surface area contributed by atoms with Crippen molar-refractivity contribution in [2.75, 3.05) is 14.2 Å². The first-order chi connectivity index (χ1) is 12.7. The fraction of sp³-hybridized carbons (Fsp3) is 0.636. The summed E-state index contributed by atoms with van der Waals surface area (Å²) in [5, 5.41) is 0. The van der Waals surface area contributed by atoms with Gasteiger partial charge in [-0.15, -0.1) is 0 Å². The van der Waals surface area contributed by atoms with Crippen LogP contribution < -0.4 is 0 Å². The molecule has 0 aliphatic carbocycles. The van der Waals surface area contributed by atoms with Crippen molar-refractivity contribution in [3.63, 3.8) is 0 Å². The number of carbonyl (C=O) groups is 2. The number of ether oxygens (including phenoxy) is 2. The van der Waals surface area contributed by atoms with Crippen LogP contribution in [0, 0.1) is 0 Å². The predicted molar refractivity (Wildman–Crippen MR) is 107 cm³/mol. The minimum atomic E-state index is -0.136. The van der Waals surface area contributed by atoms with Crippen LogP contribution in [-0.4, -0.2) is 26.2 Å². The molecule has 0 aromatic heterocycles. The number of hydrogen-bond acceptors (Lipinski definition) is 4. The van der Waals surface area contributed by atoms with Crippen molar-refractivity contribution in [1.82, 2.24) is 0 Å². The SMILES string of the molecule is COC(=O)CCC/C=C/C/C=C/C/C=C/CCCCCCCC(=O)OC. The van der Waals surface area contributed by atoms with E-state index in [1.807, 2.05) is 0 Å². The third kappa shape index (κ3) is 18.5. The van der Waals surface area contributed by atoms with Crippen molar-refractivity contribution >= 4 is 11.9 Å². The number of rotatable bonds is 16. The number of methoxy groups -OCH3 is 2. The molecule has 0 aromatic rings. The lowest BCUT2D eigenvalue weighted by molar-refractivity contribution is -0.141. The molecule has 0 saturated carbocycles. The second-order valence-electron chi connectivity index (χ2n) is 6.24. The van der Waals surface area contributed by atoms with Gasteiger partial charge in [-0.25, -0.2) is 0 Å². The summed E-state index contributed by atoms with van der Waals surface area (Å²) in [5.41, 5.74) is 0. The van der Waals surface area contributed by atoms with Gasteiger partial charge in [0.05, 0.1) is 14.2 Å². The molecule has 0 atom stereocenters. The van der Waals surface area contributed by atoms with E-state index in [-0.39, 0.29) is 11.9 Å². The topological polar surface area (TPSA) is 52.6 Å². The largest absolute Gasteiger partial charge is 0.469 e. The van der Waals surface area contributed by atoms with Crippen LogP contribution in [0.1, 0.15) is 77.0 Å². The highest BCUT2D eigenvalue weighted by atomic mass is 16.5. The minimum Gasteiger partial charge on any atom is -0.469 e. The molecular weight excluding hydrogens is 328 g/mol. The summed E-state index contributed by atoms with van der Waals surface area (Å²) in [6, 6.07) is 0. The van der Waals surface area contributed by atoms with E-state index in [1.165, 1.54) is 33.5 Å². The van der Waals surface area contributed by atoms with Gasteiger partial charge in [0.15, 0.2) is 0 Å². The second-order valence-corrected chi connectivity index (χ2v) is 6.24. The zero-order valence-electron chi connectivity index (χ0n) is 16.6. The summed E-state index contributed by atoms with van der Waals surface area (Å²) >= 11 is 0. The van der Waals surface area contributed by atoms with E-state index >= 15 is 0 Å². The molecule has 4 heteroatoms. The van der Waals surface area contributed by atoms with Gasteiger partial charge in [-0.05, 0) is 44.9 Å². The van der Waals surface area contributed by atoms with Crippen molar-refractivity contribution in [3.8, 4) is 0 Å². The lowest BCUT2D eigenvalue weighted by atomic mass is 10.1. The van der Waals surface area contributed by atoms with Gasteiger partial charge < -0.3 is 9.47 Å². The zero-order valence-corrected chi connectivity index (χ0v) is 16.6. The van der Waals surface area contributed by atoms with Crippen molar-refractivity contribution in [2.24, 2.45) is 0 Å². The highest BCUT2D eigenvalue weighted by Crippen LogP contribution is 2.08. The lowest BCUT2D eigenvalue weighted by Crippen LogP contribution is -1.98. The van der Waals surface area contributed by atoms with Gasteiger partial charge in [-0.2, -0.15) is 0 Å². The number of carbonyl (C=O) groups excluding carboxylic acids is 2. The summed E-state index contributed by atoms with van der Waals surface area (Å²) in [4.78, 5) is 21.9. The van der Waals surface area contributed by atoms with E-state index in [4.69, 9.17) is 0 Å². The van der Waals surface area contributed by atoms with Crippen molar-refractivity contribution in [2.45, 2.75) is 77.0 Å². The third-order valence-corrected chi connectivity index (χ3v) is 4.00. The summed E-state index contributed by atoms with van der Waals surface area (Å²) in [5.74, 6) is -0.237. The van der Waals surface area contributed by atoms with E-state index in [0.717, 1.165) is 44.9 Å². The van der Waals surface area contributed by atoms with Gasteiger partial charge in [0.1, 0.15) is 0 Å². The zero-order chi connectivity index (χ0) is 19.3. The maximum Gasteiger partial charge on any atom is 0.305 e. The second kappa shape index (κ2) is 19.5. The number of unbranched alkanes of at least 4 members (excludes halogenated alkanes) is 6. The highest BCUT2D eigenvalue weighted by Gasteiger charge is 1.98. The molecule has 4 nitrogen and oxygen atoms in total. The molecule has 0 spiro atoms. The number of hydrogen-bond donors (Lipinski definition) is 0. The van der Waals surface area contributed by atoms with E-state index in [2.05, 4.69) is 45.9 Å². The summed E-state index contributed by atoms with van der Waals surface area (Å²) in [6.07, 6.45) is 24.6. The van der Waals surface area contributed by atoms with Crippen LogP contribution in [0.15, 0.2) is 36.5 Å². The molecule has 0 saturated heterocycles. The fourth-order valence-corrected chi connectivity index (χ4v) is 2.41. The van der Waals surface area contributed by atoms with Gasteiger partial charge in [-0.1, -0.05) is 55.7 Å². The normalized spacial score (nSPS) is 11.6. The average molecular weight is 365 g/mol. The summed E-state index contributed by atoms with van der Waals surface area (Å²) in [6.45, 7) is 0.